The number of carbonyl (C=O) groups is 1. The molecule has 1 unspecified atom stereocenters. The molecule has 0 bridgehead atoms. The van der Waals surface area contributed by atoms with Crippen molar-refractivity contribution in [3.05, 3.63) is 87.4 Å². The van der Waals surface area contributed by atoms with Crippen molar-refractivity contribution in [1.82, 2.24) is 0 Å². The smallest absolute Gasteiger partial charge is 0.178 e. The number of halogens is 2. The third-order valence-electron chi connectivity index (χ3n) is 4.80. The molecular weight excluding hydrogens is 415 g/mol. The first-order valence-corrected chi connectivity index (χ1v) is 11.3. The van der Waals surface area contributed by atoms with Crippen LogP contribution >= 0.6 is 23.2 Å². The zero-order chi connectivity index (χ0) is 20.3. The van der Waals surface area contributed by atoms with Crippen molar-refractivity contribution in [3.63, 3.8) is 0 Å². The van der Waals surface area contributed by atoms with E-state index in [9.17, 15) is 13.2 Å². The molecule has 1 aliphatic rings. The van der Waals surface area contributed by atoms with Gasteiger partial charge in [-0.05, 0) is 54.8 Å². The van der Waals surface area contributed by atoms with Gasteiger partial charge in [-0.2, -0.15) is 0 Å². The predicted molar refractivity (Wildman–Crippen MR) is 114 cm³/mol. The lowest BCUT2D eigenvalue weighted by molar-refractivity contribution is -0.115. The lowest BCUT2D eigenvalue weighted by atomic mass is 9.84. The van der Waals surface area contributed by atoms with E-state index in [1.54, 1.807) is 36.4 Å². The average molecular weight is 435 g/mol. The van der Waals surface area contributed by atoms with E-state index in [1.807, 2.05) is 31.2 Å². The lowest BCUT2D eigenvalue weighted by Gasteiger charge is -2.21. The van der Waals surface area contributed by atoms with Crippen molar-refractivity contribution in [3.8, 4) is 0 Å². The molecule has 0 heterocycles. The first kappa shape index (κ1) is 20.8. The molecule has 0 amide bonds. The molecule has 28 heavy (non-hydrogen) atoms. The Morgan fingerprint density at radius 3 is 2.36 bits per heavy atom. The third kappa shape index (κ3) is 4.93. The van der Waals surface area contributed by atoms with Crippen molar-refractivity contribution in [2.45, 2.75) is 30.6 Å². The molecule has 0 spiro atoms. The summed E-state index contributed by atoms with van der Waals surface area (Å²) in [6.45, 7) is 2.00. The Kier molecular flexibility index (Phi) is 6.43. The van der Waals surface area contributed by atoms with Gasteiger partial charge in [-0.15, -0.1) is 0 Å². The van der Waals surface area contributed by atoms with Gasteiger partial charge >= 0.3 is 0 Å². The van der Waals surface area contributed by atoms with Crippen LogP contribution in [0.25, 0.3) is 0 Å². The van der Waals surface area contributed by atoms with Crippen LogP contribution in [0.2, 0.25) is 10.0 Å². The van der Waals surface area contributed by atoms with E-state index in [0.717, 1.165) is 11.1 Å². The Labute approximate surface area is 175 Å². The zero-order valence-electron chi connectivity index (χ0n) is 15.4. The normalized spacial score (nSPS) is 17.0. The van der Waals surface area contributed by atoms with Crippen LogP contribution in [0.1, 0.15) is 31.2 Å². The van der Waals surface area contributed by atoms with Crippen LogP contribution < -0.4 is 0 Å². The van der Waals surface area contributed by atoms with E-state index in [4.69, 9.17) is 23.2 Å². The lowest BCUT2D eigenvalue weighted by Crippen LogP contribution is -2.15. The van der Waals surface area contributed by atoms with E-state index >= 15 is 0 Å². The Hall–Kier alpha value is -1.88. The number of ketones is 1. The van der Waals surface area contributed by atoms with Crippen LogP contribution in [0.3, 0.4) is 0 Å². The Balaban J connectivity index is 1.76. The second-order valence-corrected chi connectivity index (χ2v) is 9.81. The minimum atomic E-state index is -3.48. The molecule has 0 radical (unpaired) electrons. The minimum Gasteiger partial charge on any atom is -0.295 e. The van der Waals surface area contributed by atoms with Crippen molar-refractivity contribution >= 4 is 38.8 Å². The standard InChI is InChI=1S/C22H20Cl2O3S/c1-15-7-8-16(13-21(15)17-11-18(23)14-19(24)12-17)22(25)9-10-28(26,27)20-5-3-2-4-6-20/h2-7,11-14,21H,8-10H2,1H3. The highest BCUT2D eigenvalue weighted by Gasteiger charge is 2.22. The molecule has 1 atom stereocenters. The largest absolute Gasteiger partial charge is 0.295 e. The van der Waals surface area contributed by atoms with Gasteiger partial charge in [-0.1, -0.05) is 59.1 Å². The number of allylic oxidation sites excluding steroid dienone is 4. The average Bonchev–Trinajstić information content (AvgIpc) is 2.66. The number of rotatable bonds is 6. The highest BCUT2D eigenvalue weighted by Crippen LogP contribution is 2.35. The topological polar surface area (TPSA) is 51.2 Å². The van der Waals surface area contributed by atoms with E-state index < -0.39 is 9.84 Å². The molecule has 0 saturated heterocycles. The number of carbonyl (C=O) groups excluding carboxylic acids is 1. The summed E-state index contributed by atoms with van der Waals surface area (Å²) in [4.78, 5) is 12.9. The van der Waals surface area contributed by atoms with Crippen LogP contribution in [0.4, 0.5) is 0 Å². The summed E-state index contributed by atoms with van der Waals surface area (Å²) in [6.07, 6.45) is 4.35. The monoisotopic (exact) mass is 434 g/mol. The number of sulfone groups is 1. The first-order valence-electron chi connectivity index (χ1n) is 8.90. The maximum Gasteiger partial charge on any atom is 0.178 e. The molecule has 0 aliphatic heterocycles. The molecule has 3 rings (SSSR count). The summed E-state index contributed by atoms with van der Waals surface area (Å²) in [5.74, 6) is -0.459. The van der Waals surface area contributed by atoms with Crippen LogP contribution in [0.5, 0.6) is 0 Å². The summed E-state index contributed by atoms with van der Waals surface area (Å²) in [7, 11) is -3.48. The fourth-order valence-corrected chi connectivity index (χ4v) is 5.06. The molecule has 3 nitrogen and oxygen atoms in total. The SMILES string of the molecule is CC1=CCC(C(=O)CCS(=O)(=O)c2ccccc2)=CC1c1cc(Cl)cc(Cl)c1. The van der Waals surface area contributed by atoms with Gasteiger partial charge in [0, 0.05) is 22.4 Å². The van der Waals surface area contributed by atoms with Gasteiger partial charge in [0.25, 0.3) is 0 Å². The van der Waals surface area contributed by atoms with Crippen LogP contribution in [0, 0.1) is 0 Å². The zero-order valence-corrected chi connectivity index (χ0v) is 17.7. The summed E-state index contributed by atoms with van der Waals surface area (Å²) in [6, 6.07) is 13.5. The maximum atomic E-state index is 12.7. The van der Waals surface area contributed by atoms with Crippen LogP contribution in [-0.2, 0) is 14.6 Å². The highest BCUT2D eigenvalue weighted by molar-refractivity contribution is 7.91. The fraction of sp³-hybridized carbons (Fsp3) is 0.227. The molecule has 0 aromatic heterocycles. The summed E-state index contributed by atoms with van der Waals surface area (Å²) >= 11 is 12.2. The van der Waals surface area contributed by atoms with Gasteiger partial charge in [0.2, 0.25) is 0 Å². The summed E-state index contributed by atoms with van der Waals surface area (Å²) < 4.78 is 24.8. The molecule has 2 aromatic rings. The van der Waals surface area contributed by atoms with Crippen molar-refractivity contribution in [1.29, 1.82) is 0 Å². The molecule has 0 N–H and O–H groups in total. The number of hydrogen-bond donors (Lipinski definition) is 0. The molecule has 0 saturated carbocycles. The van der Waals surface area contributed by atoms with E-state index in [-0.39, 0.29) is 28.8 Å². The van der Waals surface area contributed by atoms with Crippen LogP contribution in [0.15, 0.2) is 76.7 Å². The maximum absolute atomic E-state index is 12.7. The van der Waals surface area contributed by atoms with Crippen molar-refractivity contribution < 1.29 is 13.2 Å². The molecule has 0 fully saturated rings. The number of Topliss-reactive ketones (excluding diaryl/α,β-unsaturated/α-hetero) is 1. The van der Waals surface area contributed by atoms with Crippen LogP contribution in [-0.4, -0.2) is 20.0 Å². The third-order valence-corrected chi connectivity index (χ3v) is 6.97. The van der Waals surface area contributed by atoms with Gasteiger partial charge in [0.1, 0.15) is 0 Å². The summed E-state index contributed by atoms with van der Waals surface area (Å²) in [5.41, 5.74) is 2.63. The molecule has 2 aromatic carbocycles. The predicted octanol–water partition coefficient (Wildman–Crippen LogP) is 5.79. The van der Waals surface area contributed by atoms with Gasteiger partial charge in [0.15, 0.2) is 15.6 Å². The first-order chi connectivity index (χ1) is 13.3. The van der Waals surface area contributed by atoms with E-state index in [2.05, 4.69) is 0 Å². The Morgan fingerprint density at radius 1 is 1.07 bits per heavy atom. The van der Waals surface area contributed by atoms with Gasteiger partial charge in [0.05, 0.1) is 10.6 Å². The Morgan fingerprint density at radius 2 is 1.71 bits per heavy atom. The summed E-state index contributed by atoms with van der Waals surface area (Å²) in [5, 5.41) is 1.08. The highest BCUT2D eigenvalue weighted by atomic mass is 35.5. The number of hydrogen-bond acceptors (Lipinski definition) is 3. The van der Waals surface area contributed by atoms with Crippen molar-refractivity contribution in [2.75, 3.05) is 5.75 Å². The van der Waals surface area contributed by atoms with Gasteiger partial charge in [-0.3, -0.25) is 4.79 Å². The fourth-order valence-electron chi connectivity index (χ4n) is 3.25. The molecule has 1 aliphatic carbocycles. The van der Waals surface area contributed by atoms with Crippen molar-refractivity contribution in [2.24, 2.45) is 0 Å². The Bertz CT molecular complexity index is 1030. The molecule has 6 heteroatoms. The van der Waals surface area contributed by atoms with E-state index in [1.165, 1.54) is 0 Å². The molecule has 146 valence electrons. The molecular formula is C22H20Cl2O3S. The van der Waals surface area contributed by atoms with E-state index in [0.29, 0.717) is 22.0 Å². The van der Waals surface area contributed by atoms with Gasteiger partial charge in [-0.25, -0.2) is 8.42 Å². The van der Waals surface area contributed by atoms with Gasteiger partial charge < -0.3 is 0 Å². The second-order valence-electron chi connectivity index (χ2n) is 6.83. The number of benzene rings is 2. The minimum absolute atomic E-state index is 0.0427. The second kappa shape index (κ2) is 8.64. The quantitative estimate of drug-likeness (QED) is 0.540.